The maximum atomic E-state index is 5.70. The Balaban J connectivity index is 0.00000338. The third-order valence-electron chi connectivity index (χ3n) is 4.74. The summed E-state index contributed by atoms with van der Waals surface area (Å²) >= 11 is 0. The molecule has 1 N–H and O–H groups in total. The van der Waals surface area contributed by atoms with Gasteiger partial charge >= 0.3 is 0 Å². The van der Waals surface area contributed by atoms with E-state index in [1.165, 1.54) is 24.8 Å². The molecule has 1 aromatic carbocycles. The number of hydrogen-bond acceptors (Lipinski definition) is 3. The number of guanidine groups is 1. The lowest BCUT2D eigenvalue weighted by Gasteiger charge is -2.27. The molecule has 1 heterocycles. The van der Waals surface area contributed by atoms with E-state index in [-0.39, 0.29) is 24.0 Å². The van der Waals surface area contributed by atoms with Crippen molar-refractivity contribution in [2.45, 2.75) is 32.6 Å². The molecule has 0 unspecified atom stereocenters. The molecule has 26 heavy (non-hydrogen) atoms. The van der Waals surface area contributed by atoms with Crippen molar-refractivity contribution in [3.63, 3.8) is 0 Å². The van der Waals surface area contributed by atoms with Crippen molar-refractivity contribution in [1.82, 2.24) is 10.2 Å². The Bertz CT molecular complexity index is 534. The van der Waals surface area contributed by atoms with Crippen LogP contribution in [0.2, 0.25) is 0 Å². The molecule has 0 aliphatic carbocycles. The molecule has 1 saturated heterocycles. The Morgan fingerprint density at radius 1 is 1.31 bits per heavy atom. The number of aliphatic imine (C=N–C) groups is 1. The smallest absolute Gasteiger partial charge is 0.193 e. The van der Waals surface area contributed by atoms with Crippen LogP contribution in [0.3, 0.4) is 0 Å². The van der Waals surface area contributed by atoms with Gasteiger partial charge in [-0.25, -0.2) is 0 Å². The quantitative estimate of drug-likeness (QED) is 0.355. The summed E-state index contributed by atoms with van der Waals surface area (Å²) in [6.07, 6.45) is 4.50. The molecular formula is C20H34IN3O2. The summed E-state index contributed by atoms with van der Waals surface area (Å²) < 4.78 is 11.1. The zero-order valence-corrected chi connectivity index (χ0v) is 18.7. The van der Waals surface area contributed by atoms with E-state index in [9.17, 15) is 0 Å². The number of rotatable bonds is 8. The van der Waals surface area contributed by atoms with E-state index >= 15 is 0 Å². The molecule has 6 heteroatoms. The van der Waals surface area contributed by atoms with E-state index in [2.05, 4.69) is 34.4 Å². The first kappa shape index (κ1) is 23.0. The van der Waals surface area contributed by atoms with Gasteiger partial charge < -0.3 is 19.7 Å². The second-order valence-electron chi connectivity index (χ2n) is 6.53. The molecule has 0 spiro atoms. The van der Waals surface area contributed by atoms with Crippen LogP contribution in [-0.2, 0) is 11.2 Å². The Hall–Kier alpha value is -1.02. The third-order valence-corrected chi connectivity index (χ3v) is 4.74. The Morgan fingerprint density at radius 2 is 2.04 bits per heavy atom. The predicted octanol–water partition coefficient (Wildman–Crippen LogP) is 3.57. The minimum Gasteiger partial charge on any atom is -0.494 e. The molecule has 1 aliphatic rings. The first-order valence-corrected chi connectivity index (χ1v) is 9.44. The normalized spacial score (nSPS) is 15.3. The van der Waals surface area contributed by atoms with Crippen LogP contribution in [0, 0.1) is 5.92 Å². The van der Waals surface area contributed by atoms with Gasteiger partial charge in [0.15, 0.2) is 5.96 Å². The molecule has 5 nitrogen and oxygen atoms in total. The van der Waals surface area contributed by atoms with Gasteiger partial charge in [0.1, 0.15) is 5.75 Å². The SMILES string of the molecule is CCOc1ccccc1CCNC(=NC)N(C)CCC1CCOCC1.I. The summed E-state index contributed by atoms with van der Waals surface area (Å²) in [5.74, 6) is 2.72. The maximum Gasteiger partial charge on any atom is 0.193 e. The van der Waals surface area contributed by atoms with Crippen molar-refractivity contribution < 1.29 is 9.47 Å². The van der Waals surface area contributed by atoms with E-state index in [0.29, 0.717) is 6.61 Å². The Morgan fingerprint density at radius 3 is 2.73 bits per heavy atom. The zero-order chi connectivity index (χ0) is 17.9. The van der Waals surface area contributed by atoms with Crippen LogP contribution in [0.5, 0.6) is 5.75 Å². The van der Waals surface area contributed by atoms with Crippen molar-refractivity contribution >= 4 is 29.9 Å². The molecule has 0 bridgehead atoms. The topological polar surface area (TPSA) is 46.1 Å². The van der Waals surface area contributed by atoms with Crippen molar-refractivity contribution in [3.05, 3.63) is 29.8 Å². The molecule has 148 valence electrons. The number of para-hydroxylation sites is 1. The average Bonchev–Trinajstić information content (AvgIpc) is 2.65. The van der Waals surface area contributed by atoms with E-state index in [4.69, 9.17) is 9.47 Å². The van der Waals surface area contributed by atoms with Crippen molar-refractivity contribution in [3.8, 4) is 5.75 Å². The van der Waals surface area contributed by atoms with Crippen LogP contribution in [0.4, 0.5) is 0 Å². The fourth-order valence-electron chi connectivity index (χ4n) is 3.22. The van der Waals surface area contributed by atoms with Crippen LogP contribution in [0.1, 0.15) is 31.7 Å². The molecule has 1 aliphatic heterocycles. The van der Waals surface area contributed by atoms with Crippen LogP contribution < -0.4 is 10.1 Å². The van der Waals surface area contributed by atoms with E-state index in [1.807, 2.05) is 26.1 Å². The Labute approximate surface area is 175 Å². The van der Waals surface area contributed by atoms with Crippen LogP contribution in [0.15, 0.2) is 29.3 Å². The van der Waals surface area contributed by atoms with Gasteiger partial charge in [-0.05, 0) is 50.2 Å². The zero-order valence-electron chi connectivity index (χ0n) is 16.4. The molecule has 0 atom stereocenters. The highest BCUT2D eigenvalue weighted by Gasteiger charge is 2.15. The summed E-state index contributed by atoms with van der Waals surface area (Å²) in [5.41, 5.74) is 1.23. The van der Waals surface area contributed by atoms with Gasteiger partial charge in [0.2, 0.25) is 0 Å². The van der Waals surface area contributed by atoms with E-state index < -0.39 is 0 Å². The summed E-state index contributed by atoms with van der Waals surface area (Å²) in [6, 6.07) is 8.25. The van der Waals surface area contributed by atoms with E-state index in [0.717, 1.165) is 50.4 Å². The van der Waals surface area contributed by atoms with Crippen LogP contribution in [-0.4, -0.2) is 57.9 Å². The largest absolute Gasteiger partial charge is 0.494 e. The summed E-state index contributed by atoms with van der Waals surface area (Å²) in [5, 5.41) is 3.47. The summed E-state index contributed by atoms with van der Waals surface area (Å²) in [6.45, 7) is 6.42. The molecule has 0 aromatic heterocycles. The molecule has 2 rings (SSSR count). The standard InChI is InChI=1S/C20H33N3O2.HI/c1-4-25-19-8-6-5-7-18(19)9-13-22-20(21-2)23(3)14-10-17-11-15-24-16-12-17;/h5-8,17H,4,9-16H2,1-3H3,(H,21,22);1H. The highest BCUT2D eigenvalue weighted by molar-refractivity contribution is 14.0. The highest BCUT2D eigenvalue weighted by atomic mass is 127. The van der Waals surface area contributed by atoms with Crippen LogP contribution >= 0.6 is 24.0 Å². The molecule has 0 radical (unpaired) electrons. The molecule has 1 aromatic rings. The number of halogens is 1. The molecule has 0 amide bonds. The van der Waals surface area contributed by atoms with Crippen molar-refractivity contribution in [2.75, 3.05) is 47.0 Å². The van der Waals surface area contributed by atoms with Gasteiger partial charge in [-0.2, -0.15) is 0 Å². The number of nitrogens with one attached hydrogen (secondary N) is 1. The maximum absolute atomic E-state index is 5.70. The molecule has 1 fully saturated rings. The lowest BCUT2D eigenvalue weighted by atomic mass is 9.96. The average molecular weight is 475 g/mol. The van der Waals surface area contributed by atoms with Gasteiger partial charge in [0.05, 0.1) is 6.61 Å². The lowest BCUT2D eigenvalue weighted by molar-refractivity contribution is 0.0625. The third kappa shape index (κ3) is 7.70. The first-order chi connectivity index (χ1) is 12.2. The summed E-state index contributed by atoms with van der Waals surface area (Å²) in [7, 11) is 3.96. The molecular weight excluding hydrogens is 441 g/mol. The fraction of sp³-hybridized carbons (Fsp3) is 0.650. The fourth-order valence-corrected chi connectivity index (χ4v) is 3.22. The Kier molecular flexibility index (Phi) is 11.7. The van der Waals surface area contributed by atoms with Crippen molar-refractivity contribution in [1.29, 1.82) is 0 Å². The first-order valence-electron chi connectivity index (χ1n) is 9.44. The van der Waals surface area contributed by atoms with Crippen molar-refractivity contribution in [2.24, 2.45) is 10.9 Å². The van der Waals surface area contributed by atoms with Gasteiger partial charge in [-0.15, -0.1) is 24.0 Å². The number of nitrogens with zero attached hydrogens (tertiary/aromatic N) is 2. The van der Waals surface area contributed by atoms with E-state index in [1.54, 1.807) is 0 Å². The lowest BCUT2D eigenvalue weighted by Crippen LogP contribution is -2.40. The van der Waals surface area contributed by atoms with Gasteiger partial charge in [0.25, 0.3) is 0 Å². The molecule has 0 saturated carbocycles. The highest BCUT2D eigenvalue weighted by Crippen LogP contribution is 2.19. The monoisotopic (exact) mass is 475 g/mol. The predicted molar refractivity (Wildman–Crippen MR) is 119 cm³/mol. The van der Waals surface area contributed by atoms with Gasteiger partial charge in [-0.3, -0.25) is 4.99 Å². The van der Waals surface area contributed by atoms with Gasteiger partial charge in [0, 0.05) is 40.4 Å². The van der Waals surface area contributed by atoms with Gasteiger partial charge in [-0.1, -0.05) is 18.2 Å². The number of ether oxygens (including phenoxy) is 2. The second-order valence-corrected chi connectivity index (χ2v) is 6.53. The second kappa shape index (κ2) is 13.2. The number of benzene rings is 1. The van der Waals surface area contributed by atoms with Crippen LogP contribution in [0.25, 0.3) is 0 Å². The minimum absolute atomic E-state index is 0. The summed E-state index contributed by atoms with van der Waals surface area (Å²) in [4.78, 5) is 6.64. The minimum atomic E-state index is 0. The number of hydrogen-bond donors (Lipinski definition) is 1.